The van der Waals surface area contributed by atoms with Gasteiger partial charge < -0.3 is 10.6 Å². The zero-order valence-corrected chi connectivity index (χ0v) is 16.4. The van der Waals surface area contributed by atoms with Gasteiger partial charge in [0.1, 0.15) is 0 Å². The highest BCUT2D eigenvalue weighted by molar-refractivity contribution is 8.68. The van der Waals surface area contributed by atoms with Crippen LogP contribution in [0.4, 0.5) is 0 Å². The number of nitrogens with one attached hydrogen (secondary N) is 2. The molecule has 0 saturated carbocycles. The van der Waals surface area contributed by atoms with Gasteiger partial charge >= 0.3 is 0 Å². The van der Waals surface area contributed by atoms with Crippen LogP contribution in [0.5, 0.6) is 0 Å². The molecule has 0 rings (SSSR count). The van der Waals surface area contributed by atoms with Crippen molar-refractivity contribution in [3.05, 3.63) is 0 Å². The van der Waals surface area contributed by atoms with E-state index in [1.807, 2.05) is 13.8 Å². The van der Waals surface area contributed by atoms with E-state index in [4.69, 9.17) is 0 Å². The van der Waals surface area contributed by atoms with Crippen LogP contribution in [0.25, 0.3) is 0 Å². The van der Waals surface area contributed by atoms with Gasteiger partial charge in [0.15, 0.2) is 0 Å². The molecule has 0 saturated heterocycles. The molecule has 0 aromatic carbocycles. The molecule has 0 bridgehead atoms. The maximum atomic E-state index is 11.4. The molecule has 0 aliphatic heterocycles. The summed E-state index contributed by atoms with van der Waals surface area (Å²) >= 11 is 4.18. The maximum absolute atomic E-state index is 11.4. The highest BCUT2D eigenvalue weighted by Gasteiger charge is 2.04. The van der Waals surface area contributed by atoms with Crippen molar-refractivity contribution >= 4 is 28.4 Å². The Labute approximate surface area is 147 Å². The van der Waals surface area contributed by atoms with Crippen LogP contribution in [0.1, 0.15) is 78.6 Å². The van der Waals surface area contributed by atoms with E-state index in [1.165, 1.54) is 51.4 Å². The van der Waals surface area contributed by atoms with E-state index < -0.39 is 0 Å². The Kier molecular flexibility index (Phi) is 16.1. The molecular weight excluding hydrogens is 312 g/mol. The van der Waals surface area contributed by atoms with Gasteiger partial charge in [0.2, 0.25) is 5.91 Å². The third-order valence-electron chi connectivity index (χ3n) is 3.77. The summed E-state index contributed by atoms with van der Waals surface area (Å²) in [4.78, 5) is 11.4. The largest absolute Gasteiger partial charge is 0.356 e. The lowest BCUT2D eigenvalue weighted by molar-refractivity contribution is -0.123. The van der Waals surface area contributed by atoms with Gasteiger partial charge in [-0.15, -0.1) is 11.7 Å². The SMILES string of the molecule is CC(NCCCCCCCCCCCNC(=O)C(C)C)SS. The number of carbonyl (C=O) groups is 1. The van der Waals surface area contributed by atoms with E-state index in [1.54, 1.807) is 10.8 Å². The Morgan fingerprint density at radius 3 is 1.77 bits per heavy atom. The Bertz CT molecular complexity index is 263. The molecule has 0 heterocycles. The van der Waals surface area contributed by atoms with Crippen molar-refractivity contribution in [2.75, 3.05) is 13.1 Å². The second-order valence-corrected chi connectivity index (χ2v) is 7.88. The van der Waals surface area contributed by atoms with Crippen molar-refractivity contribution < 1.29 is 4.79 Å². The van der Waals surface area contributed by atoms with E-state index in [0.29, 0.717) is 5.37 Å². The van der Waals surface area contributed by atoms with Crippen molar-refractivity contribution in [3.63, 3.8) is 0 Å². The lowest BCUT2D eigenvalue weighted by Gasteiger charge is -2.09. The molecule has 0 aliphatic carbocycles. The van der Waals surface area contributed by atoms with Gasteiger partial charge in [-0.3, -0.25) is 4.79 Å². The number of rotatable bonds is 15. The van der Waals surface area contributed by atoms with E-state index in [0.717, 1.165) is 19.5 Å². The number of thiol groups is 1. The van der Waals surface area contributed by atoms with Gasteiger partial charge in [0.05, 0.1) is 5.37 Å². The molecule has 2 N–H and O–H groups in total. The third kappa shape index (κ3) is 15.0. The minimum Gasteiger partial charge on any atom is -0.356 e. The molecule has 0 aliphatic rings. The minimum absolute atomic E-state index is 0.107. The molecular formula is C17H36N2OS2. The molecule has 3 nitrogen and oxygen atoms in total. The van der Waals surface area contributed by atoms with E-state index >= 15 is 0 Å². The van der Waals surface area contributed by atoms with Gasteiger partial charge in [-0.2, -0.15) is 0 Å². The van der Waals surface area contributed by atoms with Crippen LogP contribution in [-0.4, -0.2) is 24.4 Å². The van der Waals surface area contributed by atoms with Crippen LogP contribution >= 0.6 is 22.5 Å². The summed E-state index contributed by atoms with van der Waals surface area (Å²) in [5.41, 5.74) is 0. The first-order chi connectivity index (χ1) is 10.6. The van der Waals surface area contributed by atoms with E-state index in [9.17, 15) is 4.79 Å². The van der Waals surface area contributed by atoms with Crippen molar-refractivity contribution in [1.82, 2.24) is 10.6 Å². The highest BCUT2D eigenvalue weighted by atomic mass is 33.1. The summed E-state index contributed by atoms with van der Waals surface area (Å²) < 4.78 is 0. The molecule has 1 atom stereocenters. The van der Waals surface area contributed by atoms with Crippen LogP contribution in [0.3, 0.4) is 0 Å². The molecule has 1 unspecified atom stereocenters. The van der Waals surface area contributed by atoms with Crippen molar-refractivity contribution in [3.8, 4) is 0 Å². The zero-order valence-electron chi connectivity index (χ0n) is 14.7. The quantitative estimate of drug-likeness (QED) is 0.173. The summed E-state index contributed by atoms with van der Waals surface area (Å²) in [5.74, 6) is 0.284. The molecule has 22 heavy (non-hydrogen) atoms. The number of unbranched alkanes of at least 4 members (excludes halogenated alkanes) is 8. The molecule has 0 fully saturated rings. The summed E-state index contributed by atoms with van der Waals surface area (Å²) in [6.45, 7) is 7.96. The lowest BCUT2D eigenvalue weighted by Crippen LogP contribution is -2.28. The molecule has 5 heteroatoms. The second kappa shape index (κ2) is 16.0. The normalized spacial score (nSPS) is 12.6. The summed E-state index contributed by atoms with van der Waals surface area (Å²) in [5, 5.41) is 6.86. The Morgan fingerprint density at radius 1 is 0.864 bits per heavy atom. The maximum Gasteiger partial charge on any atom is 0.222 e. The summed E-state index contributed by atoms with van der Waals surface area (Å²) in [6, 6.07) is 0. The fraction of sp³-hybridized carbons (Fsp3) is 0.941. The van der Waals surface area contributed by atoms with Gasteiger partial charge in [-0.25, -0.2) is 0 Å². The summed E-state index contributed by atoms with van der Waals surface area (Å²) in [6.07, 6.45) is 11.7. The highest BCUT2D eigenvalue weighted by Crippen LogP contribution is 2.12. The first-order valence-corrected chi connectivity index (χ1v) is 10.8. The van der Waals surface area contributed by atoms with Crippen LogP contribution < -0.4 is 10.6 Å². The number of carbonyl (C=O) groups excluding carboxylic acids is 1. The molecule has 0 spiro atoms. The topological polar surface area (TPSA) is 41.1 Å². The average molecular weight is 349 g/mol. The van der Waals surface area contributed by atoms with Crippen LogP contribution in [-0.2, 0) is 4.79 Å². The van der Waals surface area contributed by atoms with Gasteiger partial charge in [-0.05, 0) is 26.3 Å². The van der Waals surface area contributed by atoms with Crippen molar-refractivity contribution in [2.24, 2.45) is 5.92 Å². The zero-order chi connectivity index (χ0) is 16.6. The minimum atomic E-state index is 0.107. The van der Waals surface area contributed by atoms with Gasteiger partial charge in [0, 0.05) is 12.5 Å². The predicted octanol–water partition coefficient (Wildman–Crippen LogP) is 4.78. The first kappa shape index (κ1) is 22.1. The number of amides is 1. The monoisotopic (exact) mass is 348 g/mol. The van der Waals surface area contributed by atoms with E-state index in [2.05, 4.69) is 29.2 Å². The molecule has 0 aromatic heterocycles. The average Bonchev–Trinajstić information content (AvgIpc) is 2.51. The van der Waals surface area contributed by atoms with Crippen LogP contribution in [0, 0.1) is 5.92 Å². The number of hydrogen-bond acceptors (Lipinski definition) is 4. The Balaban J connectivity index is 3.10. The first-order valence-electron chi connectivity index (χ1n) is 8.89. The molecule has 1 amide bonds. The predicted molar refractivity (Wildman–Crippen MR) is 103 cm³/mol. The molecule has 132 valence electrons. The van der Waals surface area contributed by atoms with Gasteiger partial charge in [-0.1, -0.05) is 69.6 Å². The Morgan fingerprint density at radius 2 is 1.32 bits per heavy atom. The van der Waals surface area contributed by atoms with Crippen LogP contribution in [0.2, 0.25) is 0 Å². The fourth-order valence-corrected chi connectivity index (χ4v) is 2.66. The van der Waals surface area contributed by atoms with Crippen molar-refractivity contribution in [1.29, 1.82) is 0 Å². The second-order valence-electron chi connectivity index (χ2n) is 6.33. The van der Waals surface area contributed by atoms with Gasteiger partial charge in [0.25, 0.3) is 0 Å². The Hall–Kier alpha value is 0.130. The number of hydrogen-bond donors (Lipinski definition) is 3. The van der Waals surface area contributed by atoms with E-state index in [-0.39, 0.29) is 11.8 Å². The smallest absolute Gasteiger partial charge is 0.222 e. The molecule has 0 radical (unpaired) electrons. The lowest BCUT2D eigenvalue weighted by atomic mass is 10.1. The summed E-state index contributed by atoms with van der Waals surface area (Å²) in [7, 11) is 1.57. The van der Waals surface area contributed by atoms with Crippen molar-refractivity contribution in [2.45, 2.75) is 83.9 Å². The fourth-order valence-electron chi connectivity index (χ4n) is 2.25. The third-order valence-corrected chi connectivity index (χ3v) is 5.20. The standard InChI is InChI=1S/C17H36N2OS2/c1-15(2)17(20)19-14-12-10-8-6-4-5-7-9-11-13-18-16(3)22-21/h15-16,18,21H,4-14H2,1-3H3,(H,19,20). The van der Waals surface area contributed by atoms with Crippen LogP contribution in [0.15, 0.2) is 0 Å². The molecule has 0 aromatic rings.